The van der Waals surface area contributed by atoms with Crippen LogP contribution in [-0.2, 0) is 12.0 Å². The van der Waals surface area contributed by atoms with Crippen molar-refractivity contribution in [3.8, 4) is 0 Å². The second-order valence-electron chi connectivity index (χ2n) is 5.47. The van der Waals surface area contributed by atoms with Crippen LogP contribution in [0, 0.1) is 0 Å². The third-order valence-electron chi connectivity index (χ3n) is 2.74. The zero-order chi connectivity index (χ0) is 14.9. The molecule has 0 aliphatic rings. The van der Waals surface area contributed by atoms with Crippen LogP contribution in [0.25, 0.3) is 0 Å². The van der Waals surface area contributed by atoms with E-state index in [1.807, 2.05) is 12.1 Å². The normalized spacial score (nSPS) is 11.7. The zero-order valence-electron chi connectivity index (χ0n) is 11.4. The van der Waals surface area contributed by atoms with Gasteiger partial charge >= 0.3 is 0 Å². The minimum absolute atomic E-state index is 0.105. The summed E-state index contributed by atoms with van der Waals surface area (Å²) >= 11 is 12.3. The highest BCUT2D eigenvalue weighted by atomic mass is 79.9. The molecular formula is C14H15Br3N2S. The maximum Gasteiger partial charge on any atom is 0.112 e. The van der Waals surface area contributed by atoms with Crippen LogP contribution in [0.15, 0.2) is 30.9 Å². The molecule has 0 aliphatic carbocycles. The van der Waals surface area contributed by atoms with Gasteiger partial charge in [-0.1, -0.05) is 36.7 Å². The van der Waals surface area contributed by atoms with Crippen LogP contribution >= 0.6 is 59.1 Å². The van der Waals surface area contributed by atoms with Gasteiger partial charge in [0.15, 0.2) is 0 Å². The smallest absolute Gasteiger partial charge is 0.112 e. The van der Waals surface area contributed by atoms with Crippen LogP contribution in [0.4, 0.5) is 5.69 Å². The lowest BCUT2D eigenvalue weighted by Crippen LogP contribution is -2.12. The van der Waals surface area contributed by atoms with Crippen molar-refractivity contribution in [2.75, 3.05) is 5.32 Å². The molecule has 108 valence electrons. The number of nitrogens with zero attached hydrogens (tertiary/aromatic N) is 1. The van der Waals surface area contributed by atoms with Gasteiger partial charge in [0, 0.05) is 24.2 Å². The highest BCUT2D eigenvalue weighted by Crippen LogP contribution is 2.35. The second-order valence-corrected chi connectivity index (χ2v) is 9.04. The van der Waals surface area contributed by atoms with Gasteiger partial charge in [-0.3, -0.25) is 0 Å². The Balaban J connectivity index is 2.12. The van der Waals surface area contributed by atoms with Crippen molar-refractivity contribution in [3.05, 3.63) is 41.6 Å². The Bertz CT molecular complexity index is 594. The van der Waals surface area contributed by atoms with Crippen molar-refractivity contribution in [1.82, 2.24) is 4.98 Å². The molecule has 0 aliphatic heterocycles. The quantitative estimate of drug-likeness (QED) is 0.552. The van der Waals surface area contributed by atoms with E-state index in [4.69, 9.17) is 0 Å². The average Bonchev–Trinajstić information content (AvgIpc) is 2.75. The monoisotopic (exact) mass is 480 g/mol. The molecule has 0 saturated carbocycles. The summed E-state index contributed by atoms with van der Waals surface area (Å²) in [6.45, 7) is 7.27. The lowest BCUT2D eigenvalue weighted by atomic mass is 9.93. The van der Waals surface area contributed by atoms with Gasteiger partial charge in [-0.2, -0.15) is 0 Å². The van der Waals surface area contributed by atoms with Gasteiger partial charge in [0.2, 0.25) is 0 Å². The van der Waals surface area contributed by atoms with E-state index in [2.05, 4.69) is 84.2 Å². The fraction of sp³-hybridized carbons (Fsp3) is 0.357. The van der Waals surface area contributed by atoms with Gasteiger partial charge in [0.1, 0.15) is 5.01 Å². The van der Waals surface area contributed by atoms with Crippen LogP contribution in [0.3, 0.4) is 0 Å². The number of benzene rings is 1. The van der Waals surface area contributed by atoms with E-state index in [-0.39, 0.29) is 5.41 Å². The van der Waals surface area contributed by atoms with Crippen molar-refractivity contribution in [2.24, 2.45) is 0 Å². The number of hydrogen-bond acceptors (Lipinski definition) is 3. The summed E-state index contributed by atoms with van der Waals surface area (Å²) in [5.74, 6) is 0. The summed E-state index contributed by atoms with van der Waals surface area (Å²) in [4.78, 5) is 4.69. The van der Waals surface area contributed by atoms with Gasteiger partial charge in [-0.25, -0.2) is 4.98 Å². The third-order valence-corrected chi connectivity index (χ3v) is 5.30. The van der Waals surface area contributed by atoms with Crippen molar-refractivity contribution in [2.45, 2.75) is 32.7 Å². The molecule has 1 aromatic heterocycles. The molecule has 2 nitrogen and oxygen atoms in total. The van der Waals surface area contributed by atoms with Crippen LogP contribution in [-0.4, -0.2) is 4.98 Å². The van der Waals surface area contributed by atoms with Gasteiger partial charge in [0.25, 0.3) is 0 Å². The first-order valence-corrected chi connectivity index (χ1v) is 9.36. The molecule has 0 amide bonds. The van der Waals surface area contributed by atoms with Crippen LogP contribution in [0.5, 0.6) is 0 Å². The molecule has 20 heavy (non-hydrogen) atoms. The minimum atomic E-state index is 0.105. The first-order valence-electron chi connectivity index (χ1n) is 6.10. The van der Waals surface area contributed by atoms with E-state index in [0.717, 1.165) is 36.4 Å². The van der Waals surface area contributed by atoms with Crippen molar-refractivity contribution in [3.63, 3.8) is 0 Å². The van der Waals surface area contributed by atoms with Gasteiger partial charge < -0.3 is 5.32 Å². The molecule has 2 aromatic rings. The Kier molecular flexibility index (Phi) is 5.32. The Hall–Kier alpha value is 0.0900. The first kappa shape index (κ1) is 16.5. The van der Waals surface area contributed by atoms with Crippen LogP contribution < -0.4 is 5.32 Å². The first-order chi connectivity index (χ1) is 9.27. The standard InChI is InChI=1S/C14H15Br3N2S/c1-14(2,3)11-7-20-12(19-11)6-18-13-9(16)4-8(15)5-10(13)17/h4-5,7,18H,6H2,1-3H3. The molecular weight excluding hydrogens is 468 g/mol. The summed E-state index contributed by atoms with van der Waals surface area (Å²) in [7, 11) is 0. The summed E-state index contributed by atoms with van der Waals surface area (Å²) in [5, 5.41) is 6.66. The van der Waals surface area contributed by atoms with E-state index >= 15 is 0 Å². The molecule has 0 fully saturated rings. The predicted octanol–water partition coefficient (Wildman–Crippen LogP) is 6.34. The Morgan fingerprint density at radius 3 is 2.25 bits per heavy atom. The maximum absolute atomic E-state index is 4.69. The number of aromatic nitrogens is 1. The van der Waals surface area contributed by atoms with E-state index < -0.39 is 0 Å². The molecule has 0 saturated heterocycles. The summed E-state index contributed by atoms with van der Waals surface area (Å²) in [6, 6.07) is 4.05. The highest BCUT2D eigenvalue weighted by molar-refractivity contribution is 9.11. The molecule has 0 radical (unpaired) electrons. The molecule has 2 rings (SSSR count). The van der Waals surface area contributed by atoms with E-state index in [9.17, 15) is 0 Å². The molecule has 1 aromatic carbocycles. The lowest BCUT2D eigenvalue weighted by Gasteiger charge is -2.14. The number of nitrogens with one attached hydrogen (secondary N) is 1. The highest BCUT2D eigenvalue weighted by Gasteiger charge is 2.17. The summed E-state index contributed by atoms with van der Waals surface area (Å²) < 4.78 is 3.07. The van der Waals surface area contributed by atoms with Crippen molar-refractivity contribution < 1.29 is 0 Å². The van der Waals surface area contributed by atoms with Gasteiger partial charge in [-0.05, 0) is 44.0 Å². The molecule has 0 bridgehead atoms. The summed E-state index contributed by atoms with van der Waals surface area (Å²) in [5.41, 5.74) is 2.29. The molecule has 0 spiro atoms. The van der Waals surface area contributed by atoms with E-state index in [1.165, 1.54) is 0 Å². The average molecular weight is 483 g/mol. The van der Waals surface area contributed by atoms with Gasteiger partial charge in [0.05, 0.1) is 17.9 Å². The lowest BCUT2D eigenvalue weighted by molar-refractivity contribution is 0.571. The maximum atomic E-state index is 4.69. The fourth-order valence-corrected chi connectivity index (χ4v) is 5.11. The molecule has 1 N–H and O–H groups in total. The molecule has 1 heterocycles. The van der Waals surface area contributed by atoms with Crippen LogP contribution in [0.2, 0.25) is 0 Å². The number of halogens is 3. The van der Waals surface area contributed by atoms with E-state index in [1.54, 1.807) is 11.3 Å². The number of thiazole rings is 1. The third kappa shape index (κ3) is 4.06. The van der Waals surface area contributed by atoms with E-state index in [0.29, 0.717) is 0 Å². The largest absolute Gasteiger partial charge is 0.377 e. The fourth-order valence-electron chi connectivity index (χ4n) is 1.61. The second kappa shape index (κ2) is 6.46. The predicted molar refractivity (Wildman–Crippen MR) is 97.7 cm³/mol. The number of hydrogen-bond donors (Lipinski definition) is 1. The Labute approximate surface area is 148 Å². The van der Waals surface area contributed by atoms with Gasteiger partial charge in [-0.15, -0.1) is 11.3 Å². The van der Waals surface area contributed by atoms with Crippen molar-refractivity contribution >= 4 is 64.8 Å². The Morgan fingerprint density at radius 1 is 1.15 bits per heavy atom. The Morgan fingerprint density at radius 2 is 1.75 bits per heavy atom. The number of anilines is 1. The SMILES string of the molecule is CC(C)(C)c1csc(CNc2c(Br)cc(Br)cc2Br)n1. The molecule has 6 heteroatoms. The molecule has 0 atom stereocenters. The molecule has 0 unspecified atom stereocenters. The minimum Gasteiger partial charge on any atom is -0.377 e. The zero-order valence-corrected chi connectivity index (χ0v) is 17.0. The topological polar surface area (TPSA) is 24.9 Å². The number of rotatable bonds is 3. The van der Waals surface area contributed by atoms with Crippen molar-refractivity contribution in [1.29, 1.82) is 0 Å². The van der Waals surface area contributed by atoms with Crippen LogP contribution in [0.1, 0.15) is 31.5 Å². The summed E-state index contributed by atoms with van der Waals surface area (Å²) in [6.07, 6.45) is 0.